The summed E-state index contributed by atoms with van der Waals surface area (Å²) in [6.45, 7) is 0.494. The third-order valence-electron chi connectivity index (χ3n) is 6.23. The van der Waals surface area contributed by atoms with E-state index >= 15 is 0 Å². The van der Waals surface area contributed by atoms with E-state index in [2.05, 4.69) is 9.97 Å². The summed E-state index contributed by atoms with van der Waals surface area (Å²) in [6.07, 6.45) is 8.50. The first-order valence-corrected chi connectivity index (χ1v) is 10.9. The topological polar surface area (TPSA) is 80.2 Å². The molecule has 30 heavy (non-hydrogen) atoms. The van der Waals surface area contributed by atoms with Gasteiger partial charge in [-0.05, 0) is 43.5 Å². The average molecular weight is 411 g/mol. The molecule has 0 spiro atoms. The molecule has 7 heteroatoms. The van der Waals surface area contributed by atoms with Gasteiger partial charge in [0.25, 0.3) is 0 Å². The molecule has 0 atom stereocenters. The number of carbonyl (C=O) groups is 1. The highest BCUT2D eigenvalue weighted by Gasteiger charge is 2.20. The van der Waals surface area contributed by atoms with Crippen molar-refractivity contribution in [3.8, 4) is 5.75 Å². The molecule has 4 rings (SSSR count). The van der Waals surface area contributed by atoms with Crippen molar-refractivity contribution in [1.29, 1.82) is 0 Å². The van der Waals surface area contributed by atoms with Crippen LogP contribution in [0.1, 0.15) is 51.4 Å². The Morgan fingerprint density at radius 1 is 1.23 bits per heavy atom. The van der Waals surface area contributed by atoms with Crippen molar-refractivity contribution >= 4 is 28.0 Å². The maximum absolute atomic E-state index is 12.5. The summed E-state index contributed by atoms with van der Waals surface area (Å²) in [6, 6.07) is 8.03. The van der Waals surface area contributed by atoms with Gasteiger partial charge in [0.2, 0.25) is 5.91 Å². The minimum Gasteiger partial charge on any atom is -0.494 e. The predicted octanol–water partition coefficient (Wildman–Crippen LogP) is 3.76. The molecule has 0 unspecified atom stereocenters. The smallest absolute Gasteiger partial charge is 0.327 e. The molecule has 1 aliphatic carbocycles. The second kappa shape index (κ2) is 8.90. The van der Waals surface area contributed by atoms with Gasteiger partial charge in [0.1, 0.15) is 5.75 Å². The number of carbonyl (C=O) groups excluding carboxylic acids is 1. The molecule has 0 saturated heterocycles. The first-order chi connectivity index (χ1) is 14.5. The number of aromatic nitrogens is 3. The van der Waals surface area contributed by atoms with Gasteiger partial charge >= 0.3 is 5.69 Å². The van der Waals surface area contributed by atoms with Crippen LogP contribution in [-0.2, 0) is 11.8 Å². The first-order valence-electron chi connectivity index (χ1n) is 10.9. The molecule has 2 heterocycles. The van der Waals surface area contributed by atoms with Gasteiger partial charge < -0.3 is 9.64 Å². The third kappa shape index (κ3) is 4.35. The Kier molecular flexibility index (Phi) is 6.06. The SMILES string of the molecule is CN(C(=O)CCCOc1ccc2nc3[nH]c(=O)n(C)c3cc2c1)C1CCCCCC1. The van der Waals surface area contributed by atoms with Gasteiger partial charge in [0.15, 0.2) is 5.65 Å². The van der Waals surface area contributed by atoms with E-state index in [0.29, 0.717) is 31.1 Å². The lowest BCUT2D eigenvalue weighted by Crippen LogP contribution is -2.36. The predicted molar refractivity (Wildman–Crippen MR) is 118 cm³/mol. The molecule has 3 aromatic rings. The summed E-state index contributed by atoms with van der Waals surface area (Å²) in [5.41, 5.74) is 1.97. The second-order valence-electron chi connectivity index (χ2n) is 8.30. The van der Waals surface area contributed by atoms with E-state index in [1.165, 1.54) is 25.7 Å². The summed E-state index contributed by atoms with van der Waals surface area (Å²) in [7, 11) is 3.67. The molecule has 0 radical (unpaired) electrons. The van der Waals surface area contributed by atoms with Gasteiger partial charge in [-0.2, -0.15) is 0 Å². The zero-order valence-electron chi connectivity index (χ0n) is 17.8. The molecule has 2 aromatic heterocycles. The highest BCUT2D eigenvalue weighted by Crippen LogP contribution is 2.24. The molecule has 7 nitrogen and oxygen atoms in total. The van der Waals surface area contributed by atoms with Gasteiger partial charge in [-0.1, -0.05) is 25.7 Å². The minimum atomic E-state index is -0.178. The van der Waals surface area contributed by atoms with Crippen LogP contribution in [0.3, 0.4) is 0 Å². The molecule has 1 saturated carbocycles. The lowest BCUT2D eigenvalue weighted by atomic mass is 10.1. The van der Waals surface area contributed by atoms with Crippen molar-refractivity contribution in [2.45, 2.75) is 57.4 Å². The van der Waals surface area contributed by atoms with Crippen LogP contribution in [0.4, 0.5) is 0 Å². The largest absolute Gasteiger partial charge is 0.494 e. The van der Waals surface area contributed by atoms with Crippen molar-refractivity contribution in [3.63, 3.8) is 0 Å². The number of hydrogen-bond donors (Lipinski definition) is 1. The summed E-state index contributed by atoms with van der Waals surface area (Å²) in [4.78, 5) is 33.5. The van der Waals surface area contributed by atoms with Gasteiger partial charge in [0, 0.05) is 31.9 Å². The Balaban J connectivity index is 1.33. The van der Waals surface area contributed by atoms with Crippen LogP contribution in [-0.4, -0.2) is 45.0 Å². The molecule has 1 amide bonds. The van der Waals surface area contributed by atoms with E-state index in [1.807, 2.05) is 36.2 Å². The van der Waals surface area contributed by atoms with Crippen molar-refractivity contribution in [1.82, 2.24) is 19.4 Å². The number of pyridine rings is 1. The fourth-order valence-corrected chi connectivity index (χ4v) is 4.31. The van der Waals surface area contributed by atoms with Crippen LogP contribution in [0.15, 0.2) is 29.1 Å². The zero-order chi connectivity index (χ0) is 21.1. The quantitative estimate of drug-likeness (QED) is 0.496. The van der Waals surface area contributed by atoms with Crippen LogP contribution in [0.2, 0.25) is 0 Å². The van der Waals surface area contributed by atoms with E-state index in [1.54, 1.807) is 11.6 Å². The van der Waals surface area contributed by atoms with Crippen molar-refractivity contribution < 1.29 is 9.53 Å². The summed E-state index contributed by atoms with van der Waals surface area (Å²) in [5.74, 6) is 0.956. The Hall–Kier alpha value is -2.83. The zero-order valence-corrected chi connectivity index (χ0v) is 17.8. The molecule has 1 N–H and O–H groups in total. The molecule has 1 aromatic carbocycles. The Labute approximate surface area is 176 Å². The molecular formula is C23H30N4O3. The van der Waals surface area contributed by atoms with Gasteiger partial charge in [0.05, 0.1) is 17.6 Å². The van der Waals surface area contributed by atoms with Gasteiger partial charge in [-0.25, -0.2) is 9.78 Å². The standard InChI is InChI=1S/C23H30N4O3/c1-26(17-8-5-3-4-6-9-17)21(28)10-7-13-30-18-11-12-19-16(14-18)15-20-22(24-19)25-23(29)27(20)2/h11-12,14-15,17H,3-10,13H2,1-2H3,(H,24,25,29). The number of benzene rings is 1. The van der Waals surface area contributed by atoms with Crippen LogP contribution < -0.4 is 10.4 Å². The monoisotopic (exact) mass is 410 g/mol. The number of amides is 1. The number of imidazole rings is 1. The number of nitrogens with one attached hydrogen (secondary N) is 1. The minimum absolute atomic E-state index is 0.178. The number of aryl methyl sites for hydroxylation is 1. The van der Waals surface area contributed by atoms with E-state index < -0.39 is 0 Å². The average Bonchev–Trinajstić information content (AvgIpc) is 2.94. The van der Waals surface area contributed by atoms with Crippen LogP contribution in [0.25, 0.3) is 22.1 Å². The number of nitrogens with zero attached hydrogens (tertiary/aromatic N) is 3. The summed E-state index contributed by atoms with van der Waals surface area (Å²) >= 11 is 0. The highest BCUT2D eigenvalue weighted by molar-refractivity contribution is 5.90. The summed E-state index contributed by atoms with van der Waals surface area (Å²) in [5, 5.41) is 0.916. The third-order valence-corrected chi connectivity index (χ3v) is 6.23. The van der Waals surface area contributed by atoms with Crippen LogP contribution in [0.5, 0.6) is 5.75 Å². The highest BCUT2D eigenvalue weighted by atomic mass is 16.5. The lowest BCUT2D eigenvalue weighted by Gasteiger charge is -2.27. The molecule has 0 aliphatic heterocycles. The second-order valence-corrected chi connectivity index (χ2v) is 8.30. The molecule has 1 aliphatic rings. The van der Waals surface area contributed by atoms with Crippen molar-refractivity contribution in [2.75, 3.05) is 13.7 Å². The van der Waals surface area contributed by atoms with E-state index in [-0.39, 0.29) is 11.6 Å². The van der Waals surface area contributed by atoms with Gasteiger partial charge in [-0.15, -0.1) is 0 Å². The number of H-pyrrole nitrogens is 1. The fourth-order valence-electron chi connectivity index (χ4n) is 4.31. The van der Waals surface area contributed by atoms with Crippen molar-refractivity contribution in [3.05, 3.63) is 34.7 Å². The maximum atomic E-state index is 12.5. The number of hydrogen-bond acceptors (Lipinski definition) is 4. The Morgan fingerprint density at radius 3 is 2.77 bits per heavy atom. The van der Waals surface area contributed by atoms with Gasteiger partial charge in [-0.3, -0.25) is 14.3 Å². The lowest BCUT2D eigenvalue weighted by molar-refractivity contribution is -0.132. The maximum Gasteiger partial charge on any atom is 0.327 e. The van der Waals surface area contributed by atoms with E-state index in [9.17, 15) is 9.59 Å². The fraction of sp³-hybridized carbons (Fsp3) is 0.522. The number of rotatable bonds is 6. The van der Waals surface area contributed by atoms with Crippen LogP contribution >= 0.6 is 0 Å². The van der Waals surface area contributed by atoms with Crippen LogP contribution in [0, 0.1) is 0 Å². The van der Waals surface area contributed by atoms with Crippen molar-refractivity contribution in [2.24, 2.45) is 7.05 Å². The number of fused-ring (bicyclic) bond motifs is 2. The Morgan fingerprint density at radius 2 is 2.00 bits per heavy atom. The van der Waals surface area contributed by atoms with E-state index in [4.69, 9.17) is 4.74 Å². The first kappa shape index (κ1) is 20.4. The molecule has 160 valence electrons. The molecule has 0 bridgehead atoms. The normalized spacial score (nSPS) is 15.4. The van der Waals surface area contributed by atoms with E-state index in [0.717, 1.165) is 35.0 Å². The number of aromatic amines is 1. The Bertz CT molecular complexity index is 1090. The number of ether oxygens (including phenoxy) is 1. The summed E-state index contributed by atoms with van der Waals surface area (Å²) < 4.78 is 7.43. The molecular weight excluding hydrogens is 380 g/mol. The molecule has 1 fully saturated rings.